The first kappa shape index (κ1) is 11.3. The molecule has 0 radical (unpaired) electrons. The number of alkyl halides is 1. The van der Waals surface area contributed by atoms with Crippen LogP contribution in [0.1, 0.15) is 6.42 Å². The molecule has 0 fully saturated rings. The van der Waals surface area contributed by atoms with Gasteiger partial charge in [-0.1, -0.05) is 6.07 Å². The minimum absolute atomic E-state index is 0.229. The number of pyridine rings is 1. The van der Waals surface area contributed by atoms with Gasteiger partial charge < -0.3 is 10.1 Å². The fourth-order valence-electron chi connectivity index (χ4n) is 1.19. The van der Waals surface area contributed by atoms with E-state index in [9.17, 15) is 0 Å². The van der Waals surface area contributed by atoms with Crippen molar-refractivity contribution in [3.05, 3.63) is 24.4 Å². The summed E-state index contributed by atoms with van der Waals surface area (Å²) in [5.41, 5.74) is 0. The molecule has 0 bridgehead atoms. The average Bonchev–Trinajstić information content (AvgIpc) is 2.20. The van der Waals surface area contributed by atoms with E-state index >= 15 is 0 Å². The summed E-state index contributed by atoms with van der Waals surface area (Å²) in [5.74, 6) is 1.48. The van der Waals surface area contributed by atoms with Gasteiger partial charge in [0.1, 0.15) is 5.82 Å². The topological polar surface area (TPSA) is 34.1 Å². The van der Waals surface area contributed by atoms with Gasteiger partial charge in [-0.05, 0) is 18.6 Å². The molecule has 1 aromatic heterocycles. The molecule has 0 spiro atoms. The van der Waals surface area contributed by atoms with E-state index in [0.29, 0.717) is 12.5 Å². The highest BCUT2D eigenvalue weighted by Crippen LogP contribution is 2.06. The molecule has 1 heterocycles. The van der Waals surface area contributed by atoms with Crippen LogP contribution in [0.15, 0.2) is 24.4 Å². The lowest BCUT2D eigenvalue weighted by Crippen LogP contribution is -2.25. The van der Waals surface area contributed by atoms with Crippen molar-refractivity contribution in [3.63, 3.8) is 0 Å². The van der Waals surface area contributed by atoms with Crippen LogP contribution >= 0.6 is 11.6 Å². The van der Waals surface area contributed by atoms with Crippen molar-refractivity contribution in [1.82, 2.24) is 4.98 Å². The number of rotatable bonds is 6. The Kier molecular flexibility index (Phi) is 5.33. The Balaban J connectivity index is 2.46. The Hall–Kier alpha value is -0.800. The molecule has 3 nitrogen and oxygen atoms in total. The molecule has 1 rings (SSSR count). The van der Waals surface area contributed by atoms with E-state index in [4.69, 9.17) is 16.3 Å². The highest BCUT2D eigenvalue weighted by atomic mass is 35.5. The highest BCUT2D eigenvalue weighted by Gasteiger charge is 2.07. The Morgan fingerprint density at radius 1 is 1.57 bits per heavy atom. The van der Waals surface area contributed by atoms with Gasteiger partial charge in [-0.15, -0.1) is 11.6 Å². The maximum absolute atomic E-state index is 5.68. The Morgan fingerprint density at radius 2 is 2.43 bits per heavy atom. The predicted octanol–water partition coefficient (Wildman–Crippen LogP) is 2.14. The molecule has 0 saturated carbocycles. The molecule has 1 N–H and O–H groups in total. The second kappa shape index (κ2) is 6.62. The molecule has 0 aliphatic carbocycles. The van der Waals surface area contributed by atoms with Gasteiger partial charge in [0.15, 0.2) is 0 Å². The number of nitrogens with zero attached hydrogens (tertiary/aromatic N) is 1. The third-order valence-corrected chi connectivity index (χ3v) is 2.06. The van der Waals surface area contributed by atoms with Crippen molar-refractivity contribution in [2.45, 2.75) is 12.5 Å². The summed E-state index contributed by atoms with van der Waals surface area (Å²) in [6.07, 6.45) is 2.62. The lowest BCUT2D eigenvalue weighted by Gasteiger charge is -2.16. The zero-order valence-corrected chi connectivity index (χ0v) is 9.00. The first-order chi connectivity index (χ1) is 6.86. The van der Waals surface area contributed by atoms with E-state index in [2.05, 4.69) is 10.3 Å². The monoisotopic (exact) mass is 214 g/mol. The van der Waals surface area contributed by atoms with E-state index in [1.165, 1.54) is 0 Å². The van der Waals surface area contributed by atoms with Gasteiger partial charge in [0, 0.05) is 19.2 Å². The molecular formula is C10H15ClN2O. The van der Waals surface area contributed by atoms with Gasteiger partial charge in [0.25, 0.3) is 0 Å². The van der Waals surface area contributed by atoms with E-state index in [0.717, 1.165) is 12.2 Å². The molecule has 1 unspecified atom stereocenters. The first-order valence-electron chi connectivity index (χ1n) is 4.59. The van der Waals surface area contributed by atoms with Crippen molar-refractivity contribution >= 4 is 17.4 Å². The number of aromatic nitrogens is 1. The molecule has 0 aliphatic rings. The van der Waals surface area contributed by atoms with Crippen LogP contribution in [0.2, 0.25) is 0 Å². The summed E-state index contributed by atoms with van der Waals surface area (Å²) in [7, 11) is 1.68. The zero-order chi connectivity index (χ0) is 10.2. The molecule has 1 aromatic rings. The number of anilines is 1. The SMILES string of the molecule is COCC(CCCl)Nc1ccccn1. The first-order valence-corrected chi connectivity index (χ1v) is 5.12. The van der Waals surface area contributed by atoms with Gasteiger partial charge in [0.2, 0.25) is 0 Å². The molecule has 0 saturated heterocycles. The number of methoxy groups -OCH3 is 1. The van der Waals surface area contributed by atoms with E-state index in [-0.39, 0.29) is 6.04 Å². The van der Waals surface area contributed by atoms with Gasteiger partial charge in [-0.2, -0.15) is 0 Å². The van der Waals surface area contributed by atoms with Crippen LogP contribution in [-0.2, 0) is 4.74 Å². The van der Waals surface area contributed by atoms with E-state index in [1.54, 1.807) is 13.3 Å². The molecule has 0 amide bonds. The smallest absolute Gasteiger partial charge is 0.126 e. The summed E-state index contributed by atoms with van der Waals surface area (Å²) in [5, 5.41) is 3.26. The predicted molar refractivity (Wildman–Crippen MR) is 58.9 cm³/mol. The van der Waals surface area contributed by atoms with Gasteiger partial charge in [-0.25, -0.2) is 4.98 Å². The average molecular weight is 215 g/mol. The van der Waals surface area contributed by atoms with Crippen molar-refractivity contribution in [2.24, 2.45) is 0 Å². The lowest BCUT2D eigenvalue weighted by atomic mass is 10.2. The largest absolute Gasteiger partial charge is 0.383 e. The quantitative estimate of drug-likeness (QED) is 0.737. The third-order valence-electron chi connectivity index (χ3n) is 1.84. The molecule has 1 atom stereocenters. The summed E-state index contributed by atoms with van der Waals surface area (Å²) in [4.78, 5) is 4.17. The van der Waals surface area contributed by atoms with Crippen LogP contribution in [-0.4, -0.2) is 30.6 Å². The van der Waals surface area contributed by atoms with Crippen LogP contribution in [0.4, 0.5) is 5.82 Å². The van der Waals surface area contributed by atoms with Crippen molar-refractivity contribution < 1.29 is 4.74 Å². The number of nitrogens with one attached hydrogen (secondary N) is 1. The summed E-state index contributed by atoms with van der Waals surface area (Å²) >= 11 is 5.68. The molecule has 4 heteroatoms. The number of hydrogen-bond donors (Lipinski definition) is 1. The number of hydrogen-bond acceptors (Lipinski definition) is 3. The Morgan fingerprint density at radius 3 is 3.00 bits per heavy atom. The Labute approximate surface area is 89.4 Å². The van der Waals surface area contributed by atoms with Crippen LogP contribution < -0.4 is 5.32 Å². The normalized spacial score (nSPS) is 12.4. The summed E-state index contributed by atoms with van der Waals surface area (Å²) in [6, 6.07) is 5.99. The van der Waals surface area contributed by atoms with E-state index < -0.39 is 0 Å². The zero-order valence-electron chi connectivity index (χ0n) is 8.24. The van der Waals surface area contributed by atoms with Crippen molar-refractivity contribution in [1.29, 1.82) is 0 Å². The molecular weight excluding hydrogens is 200 g/mol. The van der Waals surface area contributed by atoms with Crippen LogP contribution in [0, 0.1) is 0 Å². The van der Waals surface area contributed by atoms with Crippen LogP contribution in [0.25, 0.3) is 0 Å². The van der Waals surface area contributed by atoms with Crippen molar-refractivity contribution in [2.75, 3.05) is 24.9 Å². The maximum Gasteiger partial charge on any atom is 0.126 e. The van der Waals surface area contributed by atoms with Crippen LogP contribution in [0.3, 0.4) is 0 Å². The van der Waals surface area contributed by atoms with Crippen molar-refractivity contribution in [3.8, 4) is 0 Å². The van der Waals surface area contributed by atoms with E-state index in [1.807, 2.05) is 18.2 Å². The van der Waals surface area contributed by atoms with Gasteiger partial charge in [0.05, 0.1) is 12.6 Å². The standard InChI is InChI=1S/C10H15ClN2O/c1-14-8-9(5-6-11)13-10-4-2-3-7-12-10/h2-4,7,9H,5-6,8H2,1H3,(H,12,13). The maximum atomic E-state index is 5.68. The Bertz CT molecular complexity index is 237. The minimum atomic E-state index is 0.229. The summed E-state index contributed by atoms with van der Waals surface area (Å²) in [6.45, 7) is 0.642. The van der Waals surface area contributed by atoms with Gasteiger partial charge >= 0.3 is 0 Å². The summed E-state index contributed by atoms with van der Waals surface area (Å²) < 4.78 is 5.08. The fourth-order valence-corrected chi connectivity index (χ4v) is 1.45. The second-order valence-corrected chi connectivity index (χ2v) is 3.37. The minimum Gasteiger partial charge on any atom is -0.383 e. The third kappa shape index (κ3) is 3.94. The molecule has 0 aromatic carbocycles. The second-order valence-electron chi connectivity index (χ2n) is 2.99. The molecule has 78 valence electrons. The molecule has 14 heavy (non-hydrogen) atoms. The van der Waals surface area contributed by atoms with Crippen LogP contribution in [0.5, 0.6) is 0 Å². The highest BCUT2D eigenvalue weighted by molar-refractivity contribution is 6.17. The number of halogens is 1. The number of ether oxygens (including phenoxy) is 1. The lowest BCUT2D eigenvalue weighted by molar-refractivity contribution is 0.184. The fraction of sp³-hybridized carbons (Fsp3) is 0.500. The van der Waals surface area contributed by atoms with Gasteiger partial charge in [-0.3, -0.25) is 0 Å². The molecule has 0 aliphatic heterocycles.